The van der Waals surface area contributed by atoms with E-state index in [1.54, 1.807) is 17.4 Å². The van der Waals surface area contributed by atoms with Crippen molar-refractivity contribution in [2.45, 2.75) is 13.3 Å². The van der Waals surface area contributed by atoms with E-state index in [0.29, 0.717) is 5.15 Å². The number of halogens is 1. The standard InChI is InChI=1S/C9H8ClN3S/c1-6-4-14-9(13-6)3-7-2-8(10)12-5-11-7/h2,4-5H,3H2,1H3. The molecule has 0 radical (unpaired) electrons. The molecule has 0 saturated carbocycles. The largest absolute Gasteiger partial charge is 0.246 e. The highest BCUT2D eigenvalue weighted by atomic mass is 35.5. The first-order valence-electron chi connectivity index (χ1n) is 4.11. The summed E-state index contributed by atoms with van der Waals surface area (Å²) in [4.78, 5) is 12.3. The molecule has 0 aliphatic rings. The molecule has 5 heteroatoms. The van der Waals surface area contributed by atoms with E-state index in [-0.39, 0.29) is 0 Å². The molecule has 0 unspecified atom stereocenters. The zero-order valence-corrected chi connectivity index (χ0v) is 9.14. The third kappa shape index (κ3) is 2.27. The molecule has 0 atom stereocenters. The van der Waals surface area contributed by atoms with Crippen LogP contribution in [0.25, 0.3) is 0 Å². The molecule has 0 fully saturated rings. The van der Waals surface area contributed by atoms with Crippen molar-refractivity contribution in [3.05, 3.63) is 39.3 Å². The van der Waals surface area contributed by atoms with Crippen LogP contribution in [0.3, 0.4) is 0 Å². The maximum atomic E-state index is 5.75. The van der Waals surface area contributed by atoms with Crippen LogP contribution >= 0.6 is 22.9 Å². The molecule has 0 amide bonds. The summed E-state index contributed by atoms with van der Waals surface area (Å²) >= 11 is 7.38. The Morgan fingerprint density at radius 2 is 2.29 bits per heavy atom. The minimum Gasteiger partial charge on any atom is -0.246 e. The molecule has 3 nitrogen and oxygen atoms in total. The van der Waals surface area contributed by atoms with Crippen molar-refractivity contribution in [3.63, 3.8) is 0 Å². The molecular weight excluding hydrogens is 218 g/mol. The molecule has 72 valence electrons. The van der Waals surface area contributed by atoms with E-state index in [1.807, 2.05) is 12.3 Å². The van der Waals surface area contributed by atoms with Crippen molar-refractivity contribution in [3.8, 4) is 0 Å². The molecule has 2 rings (SSSR count). The van der Waals surface area contributed by atoms with Gasteiger partial charge in [0.15, 0.2) is 0 Å². The van der Waals surface area contributed by atoms with E-state index in [4.69, 9.17) is 11.6 Å². The summed E-state index contributed by atoms with van der Waals surface area (Å²) in [6, 6.07) is 1.76. The van der Waals surface area contributed by atoms with Gasteiger partial charge in [-0.05, 0) is 13.0 Å². The van der Waals surface area contributed by atoms with Gasteiger partial charge in [-0.15, -0.1) is 11.3 Å². The van der Waals surface area contributed by atoms with Crippen LogP contribution in [0.15, 0.2) is 17.8 Å². The molecule has 2 heterocycles. The maximum absolute atomic E-state index is 5.75. The number of nitrogens with zero attached hydrogens (tertiary/aromatic N) is 3. The topological polar surface area (TPSA) is 38.7 Å². The Kier molecular flexibility index (Phi) is 2.74. The molecule has 0 spiro atoms. The van der Waals surface area contributed by atoms with Gasteiger partial charge >= 0.3 is 0 Å². The van der Waals surface area contributed by atoms with E-state index < -0.39 is 0 Å². The number of aryl methyl sites for hydroxylation is 1. The Hall–Kier alpha value is -1.00. The second-order valence-electron chi connectivity index (χ2n) is 2.89. The summed E-state index contributed by atoms with van der Waals surface area (Å²) in [5.41, 5.74) is 1.95. The Labute approximate surface area is 90.8 Å². The van der Waals surface area contributed by atoms with Crippen molar-refractivity contribution in [2.75, 3.05) is 0 Å². The fraction of sp³-hybridized carbons (Fsp3) is 0.222. The summed E-state index contributed by atoms with van der Waals surface area (Å²) in [6.45, 7) is 1.98. The fourth-order valence-corrected chi connectivity index (χ4v) is 2.06. The van der Waals surface area contributed by atoms with Crippen LogP contribution in [-0.2, 0) is 6.42 Å². The smallest absolute Gasteiger partial charge is 0.132 e. The first-order chi connectivity index (χ1) is 6.74. The highest BCUT2D eigenvalue weighted by Gasteiger charge is 2.02. The second kappa shape index (κ2) is 4.02. The van der Waals surface area contributed by atoms with Crippen LogP contribution in [0.1, 0.15) is 16.4 Å². The summed E-state index contributed by atoms with van der Waals surface area (Å²) in [6.07, 6.45) is 2.19. The lowest BCUT2D eigenvalue weighted by atomic mass is 10.3. The first-order valence-corrected chi connectivity index (χ1v) is 5.37. The average Bonchev–Trinajstić information content (AvgIpc) is 2.51. The van der Waals surface area contributed by atoms with E-state index in [0.717, 1.165) is 22.8 Å². The molecule has 0 saturated heterocycles. The Morgan fingerprint density at radius 3 is 2.93 bits per heavy atom. The molecule has 0 aromatic carbocycles. The number of hydrogen-bond acceptors (Lipinski definition) is 4. The van der Waals surface area contributed by atoms with Gasteiger partial charge in [0.1, 0.15) is 11.5 Å². The molecule has 0 bridgehead atoms. The van der Waals surface area contributed by atoms with Crippen LogP contribution < -0.4 is 0 Å². The molecule has 2 aromatic rings. The minimum absolute atomic E-state index is 0.475. The van der Waals surface area contributed by atoms with Crippen LogP contribution in [-0.4, -0.2) is 15.0 Å². The van der Waals surface area contributed by atoms with E-state index >= 15 is 0 Å². The lowest BCUT2D eigenvalue weighted by Crippen LogP contribution is -1.92. The third-order valence-corrected chi connectivity index (χ3v) is 2.86. The molecule has 0 N–H and O–H groups in total. The Morgan fingerprint density at radius 1 is 1.43 bits per heavy atom. The molecule has 14 heavy (non-hydrogen) atoms. The number of rotatable bonds is 2. The van der Waals surface area contributed by atoms with Crippen molar-refractivity contribution in [1.29, 1.82) is 0 Å². The minimum atomic E-state index is 0.475. The fourth-order valence-electron chi connectivity index (χ4n) is 1.11. The summed E-state index contributed by atoms with van der Waals surface area (Å²) in [7, 11) is 0. The van der Waals surface area contributed by atoms with Gasteiger partial charge in [0, 0.05) is 17.5 Å². The third-order valence-electron chi connectivity index (χ3n) is 1.69. The SMILES string of the molecule is Cc1csc(Cc2cc(Cl)ncn2)n1. The van der Waals surface area contributed by atoms with Crippen LogP contribution in [0.4, 0.5) is 0 Å². The quantitative estimate of drug-likeness (QED) is 0.738. The van der Waals surface area contributed by atoms with Gasteiger partial charge in [-0.3, -0.25) is 0 Å². The van der Waals surface area contributed by atoms with Gasteiger partial charge in [-0.2, -0.15) is 0 Å². The van der Waals surface area contributed by atoms with E-state index in [9.17, 15) is 0 Å². The van der Waals surface area contributed by atoms with Gasteiger partial charge in [-0.25, -0.2) is 15.0 Å². The predicted octanol–water partition coefficient (Wildman–Crippen LogP) is 2.49. The van der Waals surface area contributed by atoms with Gasteiger partial charge in [0.05, 0.1) is 10.7 Å². The molecular formula is C9H8ClN3S. The van der Waals surface area contributed by atoms with Crippen LogP contribution in [0.5, 0.6) is 0 Å². The van der Waals surface area contributed by atoms with Gasteiger partial charge in [0.2, 0.25) is 0 Å². The van der Waals surface area contributed by atoms with Crippen molar-refractivity contribution >= 4 is 22.9 Å². The van der Waals surface area contributed by atoms with Crippen molar-refractivity contribution in [1.82, 2.24) is 15.0 Å². The maximum Gasteiger partial charge on any atom is 0.132 e. The Bertz CT molecular complexity index is 441. The molecule has 0 aliphatic carbocycles. The highest BCUT2D eigenvalue weighted by molar-refractivity contribution is 7.09. The monoisotopic (exact) mass is 225 g/mol. The summed E-state index contributed by atoms with van der Waals surface area (Å²) < 4.78 is 0. The van der Waals surface area contributed by atoms with Gasteiger partial charge < -0.3 is 0 Å². The Balaban J connectivity index is 2.18. The van der Waals surface area contributed by atoms with Crippen LogP contribution in [0, 0.1) is 6.92 Å². The molecule has 2 aromatic heterocycles. The summed E-state index contributed by atoms with van der Waals surface area (Å²) in [5, 5.41) is 3.55. The van der Waals surface area contributed by atoms with Crippen LogP contribution in [0.2, 0.25) is 5.15 Å². The number of hydrogen-bond donors (Lipinski definition) is 0. The second-order valence-corrected chi connectivity index (χ2v) is 4.22. The van der Waals surface area contributed by atoms with Crippen molar-refractivity contribution < 1.29 is 0 Å². The van der Waals surface area contributed by atoms with E-state index in [2.05, 4.69) is 15.0 Å². The normalized spacial score (nSPS) is 10.4. The zero-order valence-electron chi connectivity index (χ0n) is 7.57. The highest BCUT2D eigenvalue weighted by Crippen LogP contribution is 2.14. The number of thiazole rings is 1. The average molecular weight is 226 g/mol. The van der Waals surface area contributed by atoms with Crippen molar-refractivity contribution in [2.24, 2.45) is 0 Å². The zero-order chi connectivity index (χ0) is 9.97. The predicted molar refractivity (Wildman–Crippen MR) is 56.7 cm³/mol. The molecule has 0 aliphatic heterocycles. The van der Waals surface area contributed by atoms with E-state index in [1.165, 1.54) is 6.33 Å². The number of aromatic nitrogens is 3. The lowest BCUT2D eigenvalue weighted by Gasteiger charge is -1.96. The van der Waals surface area contributed by atoms with Gasteiger partial charge in [0.25, 0.3) is 0 Å². The van der Waals surface area contributed by atoms with Gasteiger partial charge in [-0.1, -0.05) is 11.6 Å². The lowest BCUT2D eigenvalue weighted by molar-refractivity contribution is 1.00. The first kappa shape index (κ1) is 9.55. The summed E-state index contributed by atoms with van der Waals surface area (Å²) in [5.74, 6) is 0.